The third-order valence-corrected chi connectivity index (χ3v) is 5.01. The molecular weight excluding hydrogens is 350 g/mol. The third-order valence-electron chi connectivity index (χ3n) is 4.13. The largest absolute Gasteiger partial charge is 0.497 e. The topological polar surface area (TPSA) is 73.2 Å². The van der Waals surface area contributed by atoms with Crippen LogP contribution < -0.4 is 15.6 Å². The molecule has 0 spiro atoms. The first kappa shape index (κ1) is 18.1. The van der Waals surface area contributed by atoms with Crippen molar-refractivity contribution in [1.29, 1.82) is 0 Å². The van der Waals surface area contributed by atoms with Crippen molar-refractivity contribution in [3.05, 3.63) is 46.3 Å². The first-order chi connectivity index (χ1) is 12.6. The van der Waals surface area contributed by atoms with Crippen molar-refractivity contribution in [3.63, 3.8) is 0 Å². The van der Waals surface area contributed by atoms with Gasteiger partial charge in [0, 0.05) is 17.5 Å². The molecule has 0 aliphatic carbocycles. The molecule has 3 aromatic rings. The number of aromatic nitrogens is 2. The Balaban J connectivity index is 1.92. The van der Waals surface area contributed by atoms with E-state index in [1.807, 2.05) is 29.6 Å². The molecule has 0 radical (unpaired) electrons. The first-order valence-corrected chi connectivity index (χ1v) is 9.39. The normalized spacial score (nSPS) is 10.8. The number of rotatable bonds is 7. The van der Waals surface area contributed by atoms with E-state index in [4.69, 9.17) is 4.74 Å². The molecule has 0 bridgehead atoms. The summed E-state index contributed by atoms with van der Waals surface area (Å²) >= 11 is 1.42. The van der Waals surface area contributed by atoms with E-state index in [1.54, 1.807) is 7.11 Å². The summed E-state index contributed by atoms with van der Waals surface area (Å²) in [4.78, 5) is 29.9. The highest BCUT2D eigenvalue weighted by Crippen LogP contribution is 2.31. The molecule has 3 rings (SSSR count). The van der Waals surface area contributed by atoms with Crippen LogP contribution >= 0.6 is 11.3 Å². The highest BCUT2D eigenvalue weighted by molar-refractivity contribution is 7.17. The standard InChI is InChI=1S/C19H21N3O3S/c1-3-4-9-20-16(23)10-22-12-21-18-17(19(22)24)15(11-26-18)13-5-7-14(25-2)8-6-13/h5-8,11-12H,3-4,9-10H2,1-2H3,(H,20,23). The molecule has 2 aromatic heterocycles. The zero-order chi connectivity index (χ0) is 18.5. The summed E-state index contributed by atoms with van der Waals surface area (Å²) in [6.07, 6.45) is 3.37. The van der Waals surface area contributed by atoms with Gasteiger partial charge in [-0.2, -0.15) is 0 Å². The fraction of sp³-hybridized carbons (Fsp3) is 0.316. The molecule has 7 heteroatoms. The number of unbranched alkanes of at least 4 members (excludes halogenated alkanes) is 1. The molecule has 1 N–H and O–H groups in total. The predicted octanol–water partition coefficient (Wildman–Crippen LogP) is 3.05. The van der Waals surface area contributed by atoms with Crippen LogP contribution in [0.15, 0.2) is 40.8 Å². The van der Waals surface area contributed by atoms with Crippen molar-refractivity contribution >= 4 is 27.5 Å². The van der Waals surface area contributed by atoms with Crippen LogP contribution in [0, 0.1) is 0 Å². The molecule has 0 fully saturated rings. The van der Waals surface area contributed by atoms with E-state index in [2.05, 4.69) is 17.2 Å². The zero-order valence-electron chi connectivity index (χ0n) is 14.8. The van der Waals surface area contributed by atoms with Crippen LogP contribution in [0.25, 0.3) is 21.3 Å². The number of hydrogen-bond donors (Lipinski definition) is 1. The number of benzene rings is 1. The van der Waals surface area contributed by atoms with Crippen LogP contribution in [0.3, 0.4) is 0 Å². The zero-order valence-corrected chi connectivity index (χ0v) is 15.6. The number of amides is 1. The molecule has 0 saturated carbocycles. The summed E-state index contributed by atoms with van der Waals surface area (Å²) in [5.41, 5.74) is 1.54. The van der Waals surface area contributed by atoms with Gasteiger partial charge in [0.25, 0.3) is 5.56 Å². The molecule has 26 heavy (non-hydrogen) atoms. The maximum atomic E-state index is 12.9. The second-order valence-electron chi connectivity index (χ2n) is 5.94. The van der Waals surface area contributed by atoms with Gasteiger partial charge in [-0.15, -0.1) is 11.3 Å². The Morgan fingerprint density at radius 2 is 2.08 bits per heavy atom. The van der Waals surface area contributed by atoms with Gasteiger partial charge in [0.1, 0.15) is 17.1 Å². The van der Waals surface area contributed by atoms with Crippen molar-refractivity contribution in [2.75, 3.05) is 13.7 Å². The van der Waals surface area contributed by atoms with E-state index in [0.717, 1.165) is 29.7 Å². The van der Waals surface area contributed by atoms with Gasteiger partial charge >= 0.3 is 0 Å². The second kappa shape index (κ2) is 8.14. The number of carbonyl (C=O) groups excluding carboxylic acids is 1. The molecule has 0 unspecified atom stereocenters. The molecule has 0 aliphatic rings. The quantitative estimate of drug-likeness (QED) is 0.648. The summed E-state index contributed by atoms with van der Waals surface area (Å²) < 4.78 is 6.55. The van der Waals surface area contributed by atoms with Gasteiger partial charge in [0.2, 0.25) is 5.91 Å². The van der Waals surface area contributed by atoms with E-state index >= 15 is 0 Å². The fourth-order valence-electron chi connectivity index (χ4n) is 2.68. The maximum Gasteiger partial charge on any atom is 0.263 e. The van der Waals surface area contributed by atoms with Crippen molar-refractivity contribution in [2.45, 2.75) is 26.3 Å². The molecule has 2 heterocycles. The van der Waals surface area contributed by atoms with Crippen LogP contribution in [0.5, 0.6) is 5.75 Å². The molecule has 0 atom stereocenters. The number of carbonyl (C=O) groups is 1. The Kier molecular flexibility index (Phi) is 5.68. The SMILES string of the molecule is CCCCNC(=O)Cn1cnc2scc(-c3ccc(OC)cc3)c2c1=O. The monoisotopic (exact) mass is 371 g/mol. The average Bonchev–Trinajstić information content (AvgIpc) is 3.09. The summed E-state index contributed by atoms with van der Waals surface area (Å²) in [6.45, 7) is 2.66. The van der Waals surface area contributed by atoms with Crippen molar-refractivity contribution in [2.24, 2.45) is 0 Å². The summed E-state index contributed by atoms with van der Waals surface area (Å²) in [5, 5.41) is 5.29. The lowest BCUT2D eigenvalue weighted by molar-refractivity contribution is -0.121. The number of nitrogens with one attached hydrogen (secondary N) is 1. The van der Waals surface area contributed by atoms with Gasteiger partial charge in [-0.05, 0) is 24.1 Å². The highest BCUT2D eigenvalue weighted by atomic mass is 32.1. The maximum absolute atomic E-state index is 12.9. The summed E-state index contributed by atoms with van der Waals surface area (Å²) in [5.74, 6) is 0.579. The predicted molar refractivity (Wildman–Crippen MR) is 104 cm³/mol. The molecular formula is C19H21N3O3S. The van der Waals surface area contributed by atoms with Crippen LogP contribution in [0.4, 0.5) is 0 Å². The Morgan fingerprint density at radius 1 is 1.31 bits per heavy atom. The smallest absolute Gasteiger partial charge is 0.263 e. The van der Waals surface area contributed by atoms with Gasteiger partial charge < -0.3 is 10.1 Å². The summed E-state index contributed by atoms with van der Waals surface area (Å²) in [6, 6.07) is 7.53. The van der Waals surface area contributed by atoms with Crippen LogP contribution in [-0.4, -0.2) is 29.1 Å². The van der Waals surface area contributed by atoms with Gasteiger partial charge in [-0.3, -0.25) is 14.2 Å². The van der Waals surface area contributed by atoms with Gasteiger partial charge in [-0.1, -0.05) is 25.5 Å². The van der Waals surface area contributed by atoms with Gasteiger partial charge in [0.15, 0.2) is 0 Å². The molecule has 136 valence electrons. The lowest BCUT2D eigenvalue weighted by atomic mass is 10.1. The van der Waals surface area contributed by atoms with E-state index in [1.165, 1.54) is 22.2 Å². The number of thiophene rings is 1. The Bertz CT molecular complexity index is 960. The average molecular weight is 371 g/mol. The van der Waals surface area contributed by atoms with Crippen LogP contribution in [-0.2, 0) is 11.3 Å². The molecule has 1 aromatic carbocycles. The Labute approximate surface area is 155 Å². The Morgan fingerprint density at radius 3 is 2.77 bits per heavy atom. The number of nitrogens with zero attached hydrogens (tertiary/aromatic N) is 2. The number of hydrogen-bond acceptors (Lipinski definition) is 5. The lowest BCUT2D eigenvalue weighted by Gasteiger charge is -2.07. The summed E-state index contributed by atoms with van der Waals surface area (Å²) in [7, 11) is 1.61. The third kappa shape index (κ3) is 3.77. The minimum atomic E-state index is -0.201. The number of ether oxygens (including phenoxy) is 1. The van der Waals surface area contributed by atoms with Crippen molar-refractivity contribution in [1.82, 2.24) is 14.9 Å². The van der Waals surface area contributed by atoms with Gasteiger partial charge in [-0.25, -0.2) is 4.98 Å². The Hall–Kier alpha value is -2.67. The van der Waals surface area contributed by atoms with Crippen molar-refractivity contribution < 1.29 is 9.53 Å². The van der Waals surface area contributed by atoms with Crippen LogP contribution in [0.1, 0.15) is 19.8 Å². The molecule has 0 aliphatic heterocycles. The number of fused-ring (bicyclic) bond motifs is 1. The van der Waals surface area contributed by atoms with Crippen molar-refractivity contribution in [3.8, 4) is 16.9 Å². The fourth-order valence-corrected chi connectivity index (χ4v) is 3.58. The molecule has 1 amide bonds. The minimum Gasteiger partial charge on any atom is -0.497 e. The highest BCUT2D eigenvalue weighted by Gasteiger charge is 2.14. The second-order valence-corrected chi connectivity index (χ2v) is 6.80. The van der Waals surface area contributed by atoms with Gasteiger partial charge in [0.05, 0.1) is 18.8 Å². The minimum absolute atomic E-state index is 0.0244. The molecule has 0 saturated heterocycles. The lowest BCUT2D eigenvalue weighted by Crippen LogP contribution is -2.32. The van der Waals surface area contributed by atoms with E-state index in [0.29, 0.717) is 16.8 Å². The number of methoxy groups -OCH3 is 1. The van der Waals surface area contributed by atoms with E-state index in [9.17, 15) is 9.59 Å². The van der Waals surface area contributed by atoms with E-state index < -0.39 is 0 Å². The first-order valence-electron chi connectivity index (χ1n) is 8.51. The van der Waals surface area contributed by atoms with Crippen LogP contribution in [0.2, 0.25) is 0 Å². The van der Waals surface area contributed by atoms with E-state index in [-0.39, 0.29) is 18.0 Å². The molecule has 6 nitrogen and oxygen atoms in total.